The van der Waals surface area contributed by atoms with Crippen LogP contribution in [-0.4, -0.2) is 43.3 Å². The van der Waals surface area contributed by atoms with Crippen molar-refractivity contribution in [2.24, 2.45) is 5.73 Å². The van der Waals surface area contributed by atoms with Crippen molar-refractivity contribution in [2.75, 3.05) is 26.7 Å². The minimum atomic E-state index is 0.197. The van der Waals surface area contributed by atoms with Crippen LogP contribution in [0.25, 0.3) is 0 Å². The molecule has 2 N–H and O–H groups in total. The maximum absolute atomic E-state index is 6.01. The molecule has 1 saturated carbocycles. The van der Waals surface area contributed by atoms with Crippen molar-refractivity contribution in [3.8, 4) is 0 Å². The van der Waals surface area contributed by atoms with E-state index in [1.54, 1.807) is 0 Å². The predicted octanol–water partition coefficient (Wildman–Crippen LogP) is 1.61. The highest BCUT2D eigenvalue weighted by Gasteiger charge is 2.38. The second kappa shape index (κ2) is 5.83. The molecule has 1 aliphatic carbocycles. The summed E-state index contributed by atoms with van der Waals surface area (Å²) in [5, 5.41) is 0. The molecule has 2 atom stereocenters. The van der Waals surface area contributed by atoms with Gasteiger partial charge in [0.05, 0.1) is 6.10 Å². The SMILES string of the molecule is CCN(CC)C1(CN)CCCC(OC)C1. The van der Waals surface area contributed by atoms with Crippen LogP contribution in [0.5, 0.6) is 0 Å². The number of nitrogens with two attached hydrogens (primary N) is 1. The molecule has 1 fully saturated rings. The molecule has 90 valence electrons. The summed E-state index contributed by atoms with van der Waals surface area (Å²) in [7, 11) is 1.82. The molecule has 0 aromatic rings. The highest BCUT2D eigenvalue weighted by Crippen LogP contribution is 2.34. The van der Waals surface area contributed by atoms with Gasteiger partial charge in [-0.25, -0.2) is 0 Å². The second-order valence-electron chi connectivity index (χ2n) is 4.55. The summed E-state index contributed by atoms with van der Waals surface area (Å²) in [6.45, 7) is 7.37. The third-order valence-corrected chi connectivity index (χ3v) is 3.92. The van der Waals surface area contributed by atoms with Gasteiger partial charge in [-0.15, -0.1) is 0 Å². The Kier molecular flexibility index (Phi) is 5.03. The third-order valence-electron chi connectivity index (χ3n) is 3.92. The molecule has 0 bridgehead atoms. The molecule has 0 radical (unpaired) electrons. The van der Waals surface area contributed by atoms with Gasteiger partial charge in [0.1, 0.15) is 0 Å². The number of methoxy groups -OCH3 is 1. The first-order valence-corrected chi connectivity index (χ1v) is 6.20. The van der Waals surface area contributed by atoms with Crippen molar-refractivity contribution in [1.29, 1.82) is 0 Å². The minimum absolute atomic E-state index is 0.197. The molecule has 1 aliphatic rings. The maximum Gasteiger partial charge on any atom is 0.0589 e. The molecule has 0 heterocycles. The quantitative estimate of drug-likeness (QED) is 0.755. The Labute approximate surface area is 94.0 Å². The number of hydrogen-bond donors (Lipinski definition) is 1. The van der Waals surface area contributed by atoms with Crippen molar-refractivity contribution in [3.05, 3.63) is 0 Å². The molecule has 0 saturated heterocycles. The standard InChI is InChI=1S/C12H26N2O/c1-4-14(5-2)12(10-13)8-6-7-11(9-12)15-3/h11H,4-10,13H2,1-3H3. The van der Waals surface area contributed by atoms with Gasteiger partial charge in [-0.2, -0.15) is 0 Å². The molecule has 3 nitrogen and oxygen atoms in total. The van der Waals surface area contributed by atoms with Gasteiger partial charge in [0.15, 0.2) is 0 Å². The van der Waals surface area contributed by atoms with E-state index in [9.17, 15) is 0 Å². The van der Waals surface area contributed by atoms with Crippen molar-refractivity contribution in [2.45, 2.75) is 51.2 Å². The molecule has 1 rings (SSSR count). The number of likely N-dealkylation sites (N-methyl/N-ethyl adjacent to an activating group) is 1. The molecule has 15 heavy (non-hydrogen) atoms. The fourth-order valence-electron chi connectivity index (χ4n) is 2.98. The van der Waals surface area contributed by atoms with E-state index in [1.165, 1.54) is 19.3 Å². The van der Waals surface area contributed by atoms with Crippen LogP contribution in [-0.2, 0) is 4.74 Å². The smallest absolute Gasteiger partial charge is 0.0589 e. The van der Waals surface area contributed by atoms with Crippen LogP contribution in [0.4, 0.5) is 0 Å². The first-order valence-electron chi connectivity index (χ1n) is 6.20. The zero-order valence-electron chi connectivity index (χ0n) is 10.5. The highest BCUT2D eigenvalue weighted by atomic mass is 16.5. The van der Waals surface area contributed by atoms with Gasteiger partial charge in [-0.1, -0.05) is 13.8 Å². The fourth-order valence-corrected chi connectivity index (χ4v) is 2.98. The molecule has 0 spiro atoms. The lowest BCUT2D eigenvalue weighted by Gasteiger charge is -2.47. The average Bonchev–Trinajstić information content (AvgIpc) is 2.30. The van der Waals surface area contributed by atoms with Crippen LogP contribution in [0.3, 0.4) is 0 Å². The van der Waals surface area contributed by atoms with Crippen LogP contribution >= 0.6 is 0 Å². The molecule has 0 amide bonds. The highest BCUT2D eigenvalue weighted by molar-refractivity contribution is 4.96. The van der Waals surface area contributed by atoms with Gasteiger partial charge in [0, 0.05) is 19.2 Å². The van der Waals surface area contributed by atoms with E-state index in [-0.39, 0.29) is 5.54 Å². The molecular formula is C12H26N2O. The molecule has 0 aromatic heterocycles. The Balaban J connectivity index is 2.73. The summed E-state index contributed by atoms with van der Waals surface area (Å²) in [5.74, 6) is 0. The predicted molar refractivity (Wildman–Crippen MR) is 64.0 cm³/mol. The lowest BCUT2D eigenvalue weighted by Crippen LogP contribution is -2.57. The summed E-state index contributed by atoms with van der Waals surface area (Å²) in [4.78, 5) is 2.51. The Morgan fingerprint density at radius 1 is 1.40 bits per heavy atom. The van der Waals surface area contributed by atoms with Gasteiger partial charge in [-0.3, -0.25) is 4.90 Å². The summed E-state index contributed by atoms with van der Waals surface area (Å²) < 4.78 is 5.51. The summed E-state index contributed by atoms with van der Waals surface area (Å²) in [6, 6.07) is 0. The van der Waals surface area contributed by atoms with Crippen molar-refractivity contribution >= 4 is 0 Å². The molecular weight excluding hydrogens is 188 g/mol. The minimum Gasteiger partial charge on any atom is -0.381 e. The zero-order chi connectivity index (χ0) is 11.3. The van der Waals surface area contributed by atoms with Crippen molar-refractivity contribution < 1.29 is 4.74 Å². The molecule has 3 heteroatoms. The Morgan fingerprint density at radius 3 is 2.53 bits per heavy atom. The Hall–Kier alpha value is -0.120. The number of nitrogens with zero attached hydrogens (tertiary/aromatic N) is 1. The summed E-state index contributed by atoms with van der Waals surface area (Å²) in [6.07, 6.45) is 5.17. The number of ether oxygens (including phenoxy) is 1. The van der Waals surface area contributed by atoms with E-state index in [0.717, 1.165) is 26.1 Å². The van der Waals surface area contributed by atoms with Gasteiger partial charge in [-0.05, 0) is 38.8 Å². The van der Waals surface area contributed by atoms with Gasteiger partial charge in [0.25, 0.3) is 0 Å². The maximum atomic E-state index is 6.01. The Bertz CT molecular complexity index is 182. The first kappa shape index (κ1) is 12.9. The number of hydrogen-bond acceptors (Lipinski definition) is 3. The van der Waals surface area contributed by atoms with Crippen LogP contribution in [0.15, 0.2) is 0 Å². The number of rotatable bonds is 5. The van der Waals surface area contributed by atoms with Crippen LogP contribution < -0.4 is 5.73 Å². The van der Waals surface area contributed by atoms with Crippen LogP contribution in [0.1, 0.15) is 39.5 Å². The zero-order valence-corrected chi connectivity index (χ0v) is 10.5. The molecule has 2 unspecified atom stereocenters. The topological polar surface area (TPSA) is 38.5 Å². The molecule has 0 aromatic carbocycles. The van der Waals surface area contributed by atoms with Gasteiger partial charge >= 0.3 is 0 Å². The lowest BCUT2D eigenvalue weighted by atomic mass is 9.78. The monoisotopic (exact) mass is 214 g/mol. The lowest BCUT2D eigenvalue weighted by molar-refractivity contribution is -0.0181. The van der Waals surface area contributed by atoms with E-state index < -0.39 is 0 Å². The average molecular weight is 214 g/mol. The summed E-state index contributed by atoms with van der Waals surface area (Å²) in [5.41, 5.74) is 6.21. The summed E-state index contributed by atoms with van der Waals surface area (Å²) >= 11 is 0. The van der Waals surface area contributed by atoms with E-state index in [4.69, 9.17) is 10.5 Å². The third kappa shape index (κ3) is 2.71. The second-order valence-corrected chi connectivity index (χ2v) is 4.55. The normalized spacial score (nSPS) is 32.2. The first-order chi connectivity index (χ1) is 7.22. The van der Waals surface area contributed by atoms with E-state index >= 15 is 0 Å². The largest absolute Gasteiger partial charge is 0.381 e. The van der Waals surface area contributed by atoms with E-state index in [1.807, 2.05) is 7.11 Å². The van der Waals surface area contributed by atoms with Crippen LogP contribution in [0.2, 0.25) is 0 Å². The Morgan fingerprint density at radius 2 is 2.07 bits per heavy atom. The van der Waals surface area contributed by atoms with Crippen molar-refractivity contribution in [3.63, 3.8) is 0 Å². The van der Waals surface area contributed by atoms with E-state index in [0.29, 0.717) is 6.10 Å². The van der Waals surface area contributed by atoms with Crippen molar-refractivity contribution in [1.82, 2.24) is 4.90 Å². The fraction of sp³-hybridized carbons (Fsp3) is 1.00. The van der Waals surface area contributed by atoms with Gasteiger partial charge < -0.3 is 10.5 Å². The van der Waals surface area contributed by atoms with E-state index in [2.05, 4.69) is 18.7 Å². The molecule has 0 aliphatic heterocycles. The van der Waals surface area contributed by atoms with Crippen LogP contribution in [0, 0.1) is 0 Å². The van der Waals surface area contributed by atoms with Gasteiger partial charge in [0.2, 0.25) is 0 Å².